The molecule has 0 aromatic carbocycles. The van der Waals surface area contributed by atoms with Gasteiger partial charge in [-0.1, -0.05) is 51.6 Å². The fourth-order valence-corrected chi connectivity index (χ4v) is 4.66. The SMILES string of the molecule is COC(=O)CNCc1noc(C(CCCC2(C(C)(C)C)CCCCC2)CC(=O)[O-])n1. The van der Waals surface area contributed by atoms with Crippen molar-refractivity contribution < 1.29 is 24.0 Å². The van der Waals surface area contributed by atoms with Crippen LogP contribution < -0.4 is 10.4 Å². The van der Waals surface area contributed by atoms with E-state index in [1.54, 1.807) is 0 Å². The van der Waals surface area contributed by atoms with E-state index in [1.165, 1.54) is 39.2 Å². The maximum Gasteiger partial charge on any atom is 0.319 e. The van der Waals surface area contributed by atoms with Crippen LogP contribution >= 0.6 is 0 Å². The third-order valence-electron chi connectivity index (χ3n) is 6.64. The number of aromatic nitrogens is 2. The number of hydrogen-bond donors (Lipinski definition) is 1. The van der Waals surface area contributed by atoms with Gasteiger partial charge in [0, 0.05) is 11.9 Å². The van der Waals surface area contributed by atoms with Gasteiger partial charge in [0.25, 0.3) is 0 Å². The lowest BCUT2D eigenvalue weighted by Gasteiger charge is -2.48. The first kappa shape index (κ1) is 24.3. The van der Waals surface area contributed by atoms with Crippen LogP contribution in [0, 0.1) is 10.8 Å². The van der Waals surface area contributed by atoms with Gasteiger partial charge in [0.15, 0.2) is 5.82 Å². The normalized spacial score (nSPS) is 17.5. The van der Waals surface area contributed by atoms with E-state index < -0.39 is 5.97 Å². The van der Waals surface area contributed by atoms with Crippen LogP contribution in [-0.2, 0) is 20.9 Å². The summed E-state index contributed by atoms with van der Waals surface area (Å²) in [6, 6.07) is 0. The van der Waals surface area contributed by atoms with Crippen LogP contribution in [0.1, 0.15) is 96.2 Å². The third kappa shape index (κ3) is 6.79. The molecule has 1 aromatic rings. The van der Waals surface area contributed by atoms with Crippen molar-refractivity contribution in [1.82, 2.24) is 15.5 Å². The summed E-state index contributed by atoms with van der Waals surface area (Å²) in [7, 11) is 1.32. The Balaban J connectivity index is 1.97. The standard InChI is InChI=1S/C22H37N3O5/c1-21(2,3)22(10-6-5-7-11-22)12-8-9-16(13-18(26)27)20-24-17(25-30-20)14-23-15-19(28)29-4/h16,23H,5-15H2,1-4H3,(H,26,27)/p-1. The highest BCUT2D eigenvalue weighted by Crippen LogP contribution is 2.53. The molecular formula is C22H36N3O5-. The van der Waals surface area contributed by atoms with Crippen LogP contribution in [0.2, 0.25) is 0 Å². The Morgan fingerprint density at radius 1 is 1.27 bits per heavy atom. The molecule has 1 aromatic heterocycles. The highest BCUT2D eigenvalue weighted by atomic mass is 16.5. The lowest BCUT2D eigenvalue weighted by Crippen LogP contribution is -2.37. The molecule has 1 fully saturated rings. The lowest BCUT2D eigenvalue weighted by molar-refractivity contribution is -0.306. The highest BCUT2D eigenvalue weighted by Gasteiger charge is 2.41. The van der Waals surface area contributed by atoms with Gasteiger partial charge in [0.2, 0.25) is 5.89 Å². The molecule has 1 saturated carbocycles. The number of methoxy groups -OCH3 is 1. The average Bonchev–Trinajstić information content (AvgIpc) is 3.15. The van der Waals surface area contributed by atoms with Crippen molar-refractivity contribution in [2.45, 2.75) is 91.0 Å². The van der Waals surface area contributed by atoms with E-state index in [9.17, 15) is 14.7 Å². The summed E-state index contributed by atoms with van der Waals surface area (Å²) < 4.78 is 9.90. The Morgan fingerprint density at radius 2 is 1.97 bits per heavy atom. The number of nitrogens with one attached hydrogen (secondary N) is 1. The number of nitrogens with zero attached hydrogens (tertiary/aromatic N) is 2. The molecule has 1 atom stereocenters. The fraction of sp³-hybridized carbons (Fsp3) is 0.818. The summed E-state index contributed by atoms with van der Waals surface area (Å²) in [5.41, 5.74) is 0.523. The molecule has 1 N–H and O–H groups in total. The second kappa shape index (κ2) is 10.9. The third-order valence-corrected chi connectivity index (χ3v) is 6.64. The first-order valence-electron chi connectivity index (χ1n) is 11.0. The largest absolute Gasteiger partial charge is 0.550 e. The van der Waals surface area contributed by atoms with Gasteiger partial charge in [-0.2, -0.15) is 4.98 Å². The molecule has 0 amide bonds. The molecule has 2 rings (SSSR count). The van der Waals surface area contributed by atoms with E-state index in [1.807, 2.05) is 0 Å². The monoisotopic (exact) mass is 422 g/mol. The number of rotatable bonds is 11. The van der Waals surface area contributed by atoms with Crippen molar-refractivity contribution in [3.8, 4) is 0 Å². The second-order valence-corrected chi connectivity index (χ2v) is 9.48. The van der Waals surface area contributed by atoms with Gasteiger partial charge in [0.05, 0.1) is 20.2 Å². The molecule has 0 aliphatic heterocycles. The van der Waals surface area contributed by atoms with Crippen molar-refractivity contribution in [3.05, 3.63) is 11.7 Å². The van der Waals surface area contributed by atoms with Crippen molar-refractivity contribution in [1.29, 1.82) is 0 Å². The Kier molecular flexibility index (Phi) is 8.82. The number of ether oxygens (including phenoxy) is 1. The smallest absolute Gasteiger partial charge is 0.319 e. The highest BCUT2D eigenvalue weighted by molar-refractivity contribution is 5.71. The number of carboxylic acid groups (broad SMARTS) is 1. The molecule has 0 spiro atoms. The molecular weight excluding hydrogens is 386 g/mol. The topological polar surface area (TPSA) is 117 Å². The van der Waals surface area contributed by atoms with E-state index in [0.717, 1.165) is 12.8 Å². The lowest BCUT2D eigenvalue weighted by atomic mass is 9.57. The molecule has 1 aliphatic rings. The van der Waals surface area contributed by atoms with Gasteiger partial charge in [0.1, 0.15) is 0 Å². The molecule has 170 valence electrons. The van der Waals surface area contributed by atoms with Crippen molar-refractivity contribution in [3.63, 3.8) is 0 Å². The molecule has 0 saturated heterocycles. The van der Waals surface area contributed by atoms with Crippen molar-refractivity contribution in [2.24, 2.45) is 10.8 Å². The van der Waals surface area contributed by atoms with Gasteiger partial charge < -0.3 is 19.2 Å². The molecule has 1 unspecified atom stereocenters. The zero-order valence-corrected chi connectivity index (χ0v) is 18.8. The number of carboxylic acids is 1. The summed E-state index contributed by atoms with van der Waals surface area (Å²) >= 11 is 0. The number of aliphatic carboxylic acids is 1. The Morgan fingerprint density at radius 3 is 2.57 bits per heavy atom. The Labute approximate surface area is 179 Å². The summed E-state index contributed by atoms with van der Waals surface area (Å²) in [4.78, 5) is 26.8. The summed E-state index contributed by atoms with van der Waals surface area (Å²) in [5, 5.41) is 18.1. The first-order chi connectivity index (χ1) is 14.2. The minimum atomic E-state index is -1.12. The van der Waals surface area contributed by atoms with E-state index in [4.69, 9.17) is 4.52 Å². The minimum Gasteiger partial charge on any atom is -0.550 e. The second-order valence-electron chi connectivity index (χ2n) is 9.48. The van der Waals surface area contributed by atoms with Crippen LogP contribution in [0.25, 0.3) is 0 Å². The zero-order chi connectivity index (χ0) is 22.2. The van der Waals surface area contributed by atoms with E-state index in [0.29, 0.717) is 23.6 Å². The van der Waals surface area contributed by atoms with Gasteiger partial charge in [-0.05, 0) is 42.9 Å². The fourth-order valence-electron chi connectivity index (χ4n) is 4.66. The number of carbonyl (C=O) groups excluding carboxylic acids is 2. The van der Waals surface area contributed by atoms with Crippen molar-refractivity contribution >= 4 is 11.9 Å². The van der Waals surface area contributed by atoms with E-state index in [-0.39, 0.29) is 36.8 Å². The van der Waals surface area contributed by atoms with Crippen LogP contribution in [0.5, 0.6) is 0 Å². The summed E-state index contributed by atoms with van der Waals surface area (Å²) in [6.45, 7) is 7.25. The van der Waals surface area contributed by atoms with Gasteiger partial charge in [-0.3, -0.25) is 10.1 Å². The molecule has 1 aliphatic carbocycles. The summed E-state index contributed by atoms with van der Waals surface area (Å²) in [5.74, 6) is -1.16. The van der Waals surface area contributed by atoms with E-state index >= 15 is 0 Å². The molecule has 0 bridgehead atoms. The first-order valence-corrected chi connectivity index (χ1v) is 11.0. The molecule has 0 radical (unpaired) electrons. The summed E-state index contributed by atoms with van der Waals surface area (Å²) in [6.07, 6.45) is 8.82. The number of hydrogen-bond acceptors (Lipinski definition) is 8. The average molecular weight is 423 g/mol. The predicted octanol–water partition coefficient (Wildman–Crippen LogP) is 2.72. The maximum atomic E-state index is 11.3. The van der Waals surface area contributed by atoms with Crippen molar-refractivity contribution in [2.75, 3.05) is 13.7 Å². The predicted molar refractivity (Wildman–Crippen MR) is 109 cm³/mol. The quantitative estimate of drug-likeness (QED) is 0.541. The molecule has 8 nitrogen and oxygen atoms in total. The Hall–Kier alpha value is -1.96. The number of esters is 1. The van der Waals surface area contributed by atoms with Gasteiger partial charge >= 0.3 is 5.97 Å². The molecule has 1 heterocycles. The van der Waals surface area contributed by atoms with E-state index in [2.05, 4.69) is 41.0 Å². The minimum absolute atomic E-state index is 0.0394. The zero-order valence-electron chi connectivity index (χ0n) is 18.8. The van der Waals surface area contributed by atoms with Gasteiger partial charge in [-0.15, -0.1) is 0 Å². The maximum absolute atomic E-state index is 11.3. The van der Waals surface area contributed by atoms with Crippen LogP contribution in [0.3, 0.4) is 0 Å². The molecule has 8 heteroatoms. The number of carbonyl (C=O) groups is 2. The Bertz CT molecular complexity index is 689. The molecule has 30 heavy (non-hydrogen) atoms. The van der Waals surface area contributed by atoms with Crippen LogP contribution in [-0.4, -0.2) is 35.7 Å². The van der Waals surface area contributed by atoms with Crippen LogP contribution in [0.4, 0.5) is 0 Å². The van der Waals surface area contributed by atoms with Crippen LogP contribution in [0.15, 0.2) is 4.52 Å². The van der Waals surface area contributed by atoms with Gasteiger partial charge in [-0.25, -0.2) is 0 Å².